The average molecular weight is 423 g/mol. The fourth-order valence-corrected chi connectivity index (χ4v) is 4.06. The second-order valence-corrected chi connectivity index (χ2v) is 8.07. The highest BCUT2D eigenvalue weighted by Gasteiger charge is 2.35. The Morgan fingerprint density at radius 1 is 1.17 bits per heavy atom. The van der Waals surface area contributed by atoms with Gasteiger partial charge in [0.2, 0.25) is 5.91 Å². The lowest BCUT2D eigenvalue weighted by atomic mass is 10.2. The van der Waals surface area contributed by atoms with Crippen molar-refractivity contribution in [3.63, 3.8) is 0 Å². The molecule has 1 aromatic rings. The normalized spacial score (nSPS) is 23.5. The number of carbonyl (C=O) groups is 2. The molecule has 164 valence electrons. The summed E-state index contributed by atoms with van der Waals surface area (Å²) in [6.45, 7) is 4.06. The Labute approximate surface area is 174 Å². The van der Waals surface area contributed by atoms with Gasteiger partial charge in [-0.15, -0.1) is 0 Å². The molecule has 1 atom stereocenters. The van der Waals surface area contributed by atoms with Crippen LogP contribution in [-0.4, -0.2) is 80.5 Å². The smallest absolute Gasteiger partial charge is 0.414 e. The van der Waals surface area contributed by atoms with Gasteiger partial charge in [0.1, 0.15) is 11.8 Å². The minimum atomic E-state index is -0.703. The van der Waals surface area contributed by atoms with E-state index in [-0.39, 0.29) is 30.4 Å². The zero-order valence-corrected chi connectivity index (χ0v) is 17.2. The SMILES string of the molecule is CC(=O)NC[C@H]1CN(c2cc(F)c(N3CCN(C)N(C4CC4)CC3)c(F)c2)C(=O)O1. The van der Waals surface area contributed by atoms with Gasteiger partial charge in [-0.2, -0.15) is 0 Å². The summed E-state index contributed by atoms with van der Waals surface area (Å²) in [5.74, 6) is -1.65. The number of hydrogen-bond donors (Lipinski definition) is 1. The van der Waals surface area contributed by atoms with E-state index in [1.54, 1.807) is 4.90 Å². The van der Waals surface area contributed by atoms with Crippen LogP contribution in [0.15, 0.2) is 12.1 Å². The first-order valence-corrected chi connectivity index (χ1v) is 10.3. The standard InChI is InChI=1S/C20H27F2N5O3/c1-13(28)23-11-16-12-26(20(29)30-16)15-9-17(21)19(18(22)10-15)25-6-5-24(2)27(8-7-25)14-3-4-14/h9-10,14,16H,3-8,11-12H2,1-2H3,(H,23,28)/t16-/m0/s1. The fourth-order valence-electron chi connectivity index (χ4n) is 4.06. The van der Waals surface area contributed by atoms with Crippen molar-refractivity contribution in [1.82, 2.24) is 15.3 Å². The first-order chi connectivity index (χ1) is 14.3. The molecule has 2 heterocycles. The van der Waals surface area contributed by atoms with E-state index in [2.05, 4.69) is 15.3 Å². The maximum absolute atomic E-state index is 15.0. The van der Waals surface area contributed by atoms with Crippen LogP contribution < -0.4 is 15.1 Å². The molecule has 3 fully saturated rings. The molecule has 3 aliphatic rings. The van der Waals surface area contributed by atoms with Crippen LogP contribution >= 0.6 is 0 Å². The van der Waals surface area contributed by atoms with Gasteiger partial charge in [-0.05, 0) is 12.8 Å². The zero-order chi connectivity index (χ0) is 21.4. The van der Waals surface area contributed by atoms with Crippen molar-refractivity contribution in [1.29, 1.82) is 0 Å². The number of likely N-dealkylation sites (N-methyl/N-ethyl adjacent to an activating group) is 1. The van der Waals surface area contributed by atoms with Crippen LogP contribution in [0, 0.1) is 11.6 Å². The summed E-state index contributed by atoms with van der Waals surface area (Å²) >= 11 is 0. The van der Waals surface area contributed by atoms with E-state index < -0.39 is 23.8 Å². The molecule has 2 saturated heterocycles. The lowest BCUT2D eigenvalue weighted by Crippen LogP contribution is -2.42. The number of rotatable bonds is 5. The summed E-state index contributed by atoms with van der Waals surface area (Å²) in [4.78, 5) is 26.1. The van der Waals surface area contributed by atoms with Crippen LogP contribution in [0.2, 0.25) is 0 Å². The molecule has 0 unspecified atom stereocenters. The van der Waals surface area contributed by atoms with E-state index in [9.17, 15) is 18.4 Å². The molecule has 2 amide bonds. The Balaban J connectivity index is 1.48. The van der Waals surface area contributed by atoms with Gasteiger partial charge in [-0.3, -0.25) is 9.69 Å². The van der Waals surface area contributed by atoms with E-state index in [0.29, 0.717) is 32.2 Å². The molecule has 1 aliphatic carbocycles. The largest absolute Gasteiger partial charge is 0.442 e. The molecule has 1 saturated carbocycles. The van der Waals surface area contributed by atoms with Crippen LogP contribution in [-0.2, 0) is 9.53 Å². The summed E-state index contributed by atoms with van der Waals surface area (Å²) < 4.78 is 35.1. The van der Waals surface area contributed by atoms with E-state index in [0.717, 1.165) is 12.8 Å². The van der Waals surface area contributed by atoms with E-state index in [4.69, 9.17) is 4.74 Å². The van der Waals surface area contributed by atoms with Gasteiger partial charge in [0, 0.05) is 58.3 Å². The number of nitrogens with zero attached hydrogens (tertiary/aromatic N) is 4. The van der Waals surface area contributed by atoms with Gasteiger partial charge >= 0.3 is 6.09 Å². The maximum Gasteiger partial charge on any atom is 0.414 e. The summed E-state index contributed by atoms with van der Waals surface area (Å²) in [5.41, 5.74) is 0.0442. The number of halogens is 2. The lowest BCUT2D eigenvalue weighted by Gasteiger charge is -2.29. The third kappa shape index (κ3) is 4.34. The average Bonchev–Trinajstić information content (AvgIpc) is 3.46. The summed E-state index contributed by atoms with van der Waals surface area (Å²) in [6.07, 6.45) is 1.07. The predicted octanol–water partition coefficient (Wildman–Crippen LogP) is 1.56. The summed E-state index contributed by atoms with van der Waals surface area (Å²) in [5, 5.41) is 6.99. The highest BCUT2D eigenvalue weighted by atomic mass is 19.1. The molecule has 0 radical (unpaired) electrons. The number of cyclic esters (lactones) is 1. The highest BCUT2D eigenvalue weighted by Crippen LogP contribution is 2.33. The Kier molecular flexibility index (Phi) is 5.79. The molecule has 0 aromatic heterocycles. The Hall–Kier alpha value is -2.46. The third-order valence-electron chi connectivity index (χ3n) is 5.78. The number of hydrazine groups is 1. The van der Waals surface area contributed by atoms with Crippen molar-refractivity contribution in [3.05, 3.63) is 23.8 Å². The van der Waals surface area contributed by atoms with Crippen molar-refractivity contribution in [2.75, 3.05) is 56.1 Å². The molecule has 1 N–H and O–H groups in total. The molecule has 4 rings (SSSR count). The minimum absolute atomic E-state index is 0.0628. The molecule has 10 heteroatoms. The molecule has 0 spiro atoms. The Morgan fingerprint density at radius 2 is 1.83 bits per heavy atom. The minimum Gasteiger partial charge on any atom is -0.442 e. The Bertz CT molecular complexity index is 812. The maximum atomic E-state index is 15.0. The van der Waals surface area contributed by atoms with Gasteiger partial charge in [0.05, 0.1) is 18.8 Å². The Morgan fingerprint density at radius 3 is 2.47 bits per heavy atom. The number of anilines is 2. The van der Waals surface area contributed by atoms with Crippen LogP contribution in [0.25, 0.3) is 0 Å². The number of nitrogens with one attached hydrogen (secondary N) is 1. The summed E-state index contributed by atoms with van der Waals surface area (Å²) in [7, 11) is 2.01. The van der Waals surface area contributed by atoms with Crippen LogP contribution in [0.3, 0.4) is 0 Å². The number of hydrogen-bond acceptors (Lipinski definition) is 6. The molecule has 30 heavy (non-hydrogen) atoms. The quantitative estimate of drug-likeness (QED) is 0.775. The predicted molar refractivity (Wildman–Crippen MR) is 107 cm³/mol. The van der Waals surface area contributed by atoms with Crippen molar-refractivity contribution < 1.29 is 23.1 Å². The second-order valence-electron chi connectivity index (χ2n) is 8.07. The molecule has 2 aliphatic heterocycles. The molecule has 8 nitrogen and oxygen atoms in total. The first kappa shape index (κ1) is 20.8. The number of benzene rings is 1. The van der Waals surface area contributed by atoms with Crippen molar-refractivity contribution in [2.45, 2.75) is 31.9 Å². The van der Waals surface area contributed by atoms with Crippen LogP contribution in [0.1, 0.15) is 19.8 Å². The van der Waals surface area contributed by atoms with Crippen LogP contribution in [0.4, 0.5) is 25.0 Å². The van der Waals surface area contributed by atoms with Gasteiger partial charge in [0.15, 0.2) is 11.6 Å². The van der Waals surface area contributed by atoms with E-state index >= 15 is 0 Å². The summed E-state index contributed by atoms with van der Waals surface area (Å²) in [6, 6.07) is 2.89. The molecular formula is C20H27F2N5O3. The van der Waals surface area contributed by atoms with Crippen molar-refractivity contribution in [3.8, 4) is 0 Å². The monoisotopic (exact) mass is 423 g/mol. The van der Waals surface area contributed by atoms with Crippen molar-refractivity contribution >= 4 is 23.4 Å². The number of carbonyl (C=O) groups excluding carboxylic acids is 2. The lowest BCUT2D eigenvalue weighted by molar-refractivity contribution is -0.119. The third-order valence-corrected chi connectivity index (χ3v) is 5.78. The molecule has 0 bridgehead atoms. The van der Waals surface area contributed by atoms with Crippen LogP contribution in [0.5, 0.6) is 0 Å². The van der Waals surface area contributed by atoms with Crippen molar-refractivity contribution in [2.24, 2.45) is 0 Å². The molecular weight excluding hydrogens is 396 g/mol. The van der Waals surface area contributed by atoms with Gasteiger partial charge in [-0.1, -0.05) is 0 Å². The second kappa shape index (κ2) is 8.35. The zero-order valence-electron chi connectivity index (χ0n) is 17.2. The van der Waals surface area contributed by atoms with Gasteiger partial charge in [0.25, 0.3) is 0 Å². The number of amides is 2. The van der Waals surface area contributed by atoms with Gasteiger partial charge < -0.3 is 15.0 Å². The fraction of sp³-hybridized carbons (Fsp3) is 0.600. The first-order valence-electron chi connectivity index (χ1n) is 10.3. The highest BCUT2D eigenvalue weighted by molar-refractivity contribution is 5.90. The van der Waals surface area contributed by atoms with E-state index in [1.807, 2.05) is 7.05 Å². The van der Waals surface area contributed by atoms with Gasteiger partial charge in [-0.25, -0.2) is 23.6 Å². The topological polar surface area (TPSA) is 68.4 Å². The molecule has 1 aromatic carbocycles. The van der Waals surface area contributed by atoms with E-state index in [1.165, 1.54) is 24.0 Å². The number of ether oxygens (including phenoxy) is 1.